The van der Waals surface area contributed by atoms with Crippen molar-refractivity contribution in [1.29, 1.82) is 0 Å². The van der Waals surface area contributed by atoms with E-state index in [9.17, 15) is 18.3 Å². The van der Waals surface area contributed by atoms with Gasteiger partial charge in [-0.3, -0.25) is 0 Å². The number of carbonyl (C=O) groups excluding carboxylic acids is 1. The summed E-state index contributed by atoms with van der Waals surface area (Å²) in [7, 11) is -3.44. The minimum absolute atomic E-state index is 0.0497. The Bertz CT molecular complexity index is 706. The summed E-state index contributed by atoms with van der Waals surface area (Å²) in [6.07, 6.45) is -0.0670. The molecule has 25 heavy (non-hydrogen) atoms. The molecular formula is C18H27NO5S. The Labute approximate surface area is 149 Å². The number of nitrogens with zero attached hydrogens (tertiary/aromatic N) is 1. The van der Waals surface area contributed by atoms with Gasteiger partial charge in [0.15, 0.2) is 9.84 Å². The molecule has 0 saturated carbocycles. The maximum absolute atomic E-state index is 12.6. The molecule has 0 aliphatic carbocycles. The fraction of sp³-hybridized carbons (Fsp3) is 0.611. The first-order valence-electron chi connectivity index (χ1n) is 8.42. The van der Waals surface area contributed by atoms with Gasteiger partial charge in [0.2, 0.25) is 0 Å². The molecule has 1 aliphatic heterocycles. The van der Waals surface area contributed by atoms with Crippen molar-refractivity contribution in [2.45, 2.75) is 50.7 Å². The number of aryl methyl sites for hydroxylation is 1. The molecule has 140 valence electrons. The van der Waals surface area contributed by atoms with Crippen LogP contribution in [0, 0.1) is 12.8 Å². The van der Waals surface area contributed by atoms with E-state index in [1.165, 1.54) is 4.90 Å². The number of rotatable bonds is 4. The summed E-state index contributed by atoms with van der Waals surface area (Å²) in [5.74, 6) is -0.276. The lowest BCUT2D eigenvalue weighted by Gasteiger charge is -2.27. The summed E-state index contributed by atoms with van der Waals surface area (Å²) >= 11 is 0. The van der Waals surface area contributed by atoms with Gasteiger partial charge in [-0.2, -0.15) is 0 Å². The number of ether oxygens (including phenoxy) is 1. The third-order valence-corrected chi connectivity index (χ3v) is 6.08. The van der Waals surface area contributed by atoms with Gasteiger partial charge in [-0.15, -0.1) is 0 Å². The summed E-state index contributed by atoms with van der Waals surface area (Å²) in [6, 6.07) is 6.34. The molecule has 0 radical (unpaired) electrons. The second kappa shape index (κ2) is 7.33. The number of hydrogen-bond acceptors (Lipinski definition) is 5. The van der Waals surface area contributed by atoms with Crippen molar-refractivity contribution in [1.82, 2.24) is 4.90 Å². The van der Waals surface area contributed by atoms with Crippen LogP contribution in [0.15, 0.2) is 29.2 Å². The van der Waals surface area contributed by atoms with Gasteiger partial charge in [0.1, 0.15) is 5.60 Å². The van der Waals surface area contributed by atoms with Gasteiger partial charge >= 0.3 is 6.09 Å². The summed E-state index contributed by atoms with van der Waals surface area (Å²) in [5.41, 5.74) is 0.361. The topological polar surface area (TPSA) is 83.9 Å². The number of amides is 1. The van der Waals surface area contributed by atoms with Gasteiger partial charge in [-0.25, -0.2) is 13.2 Å². The molecule has 1 saturated heterocycles. The molecule has 1 heterocycles. The fourth-order valence-electron chi connectivity index (χ4n) is 3.00. The predicted octanol–water partition coefficient (Wildman–Crippen LogP) is 2.39. The largest absolute Gasteiger partial charge is 0.444 e. The van der Waals surface area contributed by atoms with Crippen molar-refractivity contribution in [3.63, 3.8) is 0 Å². The molecule has 0 aromatic heterocycles. The van der Waals surface area contributed by atoms with Gasteiger partial charge in [-0.1, -0.05) is 17.7 Å². The Kier molecular flexibility index (Phi) is 5.79. The van der Waals surface area contributed by atoms with Crippen LogP contribution in [0.2, 0.25) is 0 Å². The SMILES string of the molecule is Cc1ccc(S(=O)(=O)C[C@H]2C[C@H](CO)N(C(=O)OC(C)(C)C)C2)cc1. The maximum atomic E-state index is 12.6. The van der Waals surface area contributed by atoms with Gasteiger partial charge in [0, 0.05) is 6.54 Å². The quantitative estimate of drug-likeness (QED) is 0.881. The van der Waals surface area contributed by atoms with Crippen LogP contribution < -0.4 is 0 Å². The van der Waals surface area contributed by atoms with Crippen molar-refractivity contribution in [2.75, 3.05) is 18.9 Å². The third-order valence-electron chi connectivity index (χ3n) is 4.18. The summed E-state index contributed by atoms with van der Waals surface area (Å²) in [4.78, 5) is 14.0. The van der Waals surface area contributed by atoms with Crippen LogP contribution >= 0.6 is 0 Å². The minimum Gasteiger partial charge on any atom is -0.444 e. The fourth-order valence-corrected chi connectivity index (χ4v) is 4.61. The molecule has 7 heteroatoms. The Balaban J connectivity index is 2.09. The van der Waals surface area contributed by atoms with Crippen LogP contribution in [0.3, 0.4) is 0 Å². The monoisotopic (exact) mass is 369 g/mol. The van der Waals surface area contributed by atoms with Gasteiger partial charge < -0.3 is 14.7 Å². The normalized spacial score (nSPS) is 21.4. The van der Waals surface area contributed by atoms with Crippen LogP contribution in [0.4, 0.5) is 4.79 Å². The van der Waals surface area contributed by atoms with E-state index in [4.69, 9.17) is 4.74 Å². The molecule has 2 rings (SSSR count). The standard InChI is InChI=1S/C18H27NO5S/c1-13-5-7-16(8-6-13)25(22,23)12-14-9-15(11-20)19(10-14)17(21)24-18(2,3)4/h5-8,14-15,20H,9-12H2,1-4H3/t14-,15+/m0/s1. The van der Waals surface area contributed by atoms with E-state index in [-0.39, 0.29) is 29.7 Å². The number of hydrogen-bond donors (Lipinski definition) is 1. The van der Waals surface area contributed by atoms with Gasteiger partial charge in [0.25, 0.3) is 0 Å². The molecule has 1 fully saturated rings. The number of aliphatic hydroxyl groups excluding tert-OH is 1. The lowest BCUT2D eigenvalue weighted by Crippen LogP contribution is -2.41. The molecule has 1 amide bonds. The van der Waals surface area contributed by atoms with Crippen LogP contribution in [-0.4, -0.2) is 55.1 Å². The third kappa shape index (κ3) is 5.19. The number of benzene rings is 1. The highest BCUT2D eigenvalue weighted by Gasteiger charge is 2.39. The van der Waals surface area contributed by atoms with E-state index in [1.54, 1.807) is 45.0 Å². The number of carbonyl (C=O) groups is 1. The molecule has 0 unspecified atom stereocenters. The van der Waals surface area contributed by atoms with E-state index in [0.717, 1.165) is 5.56 Å². The highest BCUT2D eigenvalue weighted by atomic mass is 32.2. The molecule has 0 spiro atoms. The van der Waals surface area contributed by atoms with Crippen molar-refractivity contribution in [2.24, 2.45) is 5.92 Å². The second-order valence-electron chi connectivity index (χ2n) is 7.67. The average molecular weight is 369 g/mol. The summed E-state index contributed by atoms with van der Waals surface area (Å²) in [6.45, 7) is 7.28. The summed E-state index contributed by atoms with van der Waals surface area (Å²) in [5, 5.41) is 9.55. The first-order chi connectivity index (χ1) is 11.5. The second-order valence-corrected chi connectivity index (χ2v) is 9.70. The first-order valence-corrected chi connectivity index (χ1v) is 10.1. The van der Waals surface area contributed by atoms with Crippen molar-refractivity contribution < 1.29 is 23.1 Å². The zero-order valence-electron chi connectivity index (χ0n) is 15.2. The average Bonchev–Trinajstić information content (AvgIpc) is 2.88. The molecule has 1 aromatic carbocycles. The van der Waals surface area contributed by atoms with Gasteiger partial charge in [0.05, 0.1) is 23.3 Å². The van der Waals surface area contributed by atoms with Crippen LogP contribution in [-0.2, 0) is 14.6 Å². The molecule has 2 atom stereocenters. The highest BCUT2D eigenvalue weighted by Crippen LogP contribution is 2.28. The zero-order valence-corrected chi connectivity index (χ0v) is 16.0. The lowest BCUT2D eigenvalue weighted by molar-refractivity contribution is 0.0173. The van der Waals surface area contributed by atoms with Crippen LogP contribution in [0.25, 0.3) is 0 Å². The van der Waals surface area contributed by atoms with Crippen molar-refractivity contribution >= 4 is 15.9 Å². The first kappa shape index (κ1) is 19.7. The lowest BCUT2D eigenvalue weighted by atomic mass is 10.1. The summed E-state index contributed by atoms with van der Waals surface area (Å²) < 4.78 is 30.6. The molecular weight excluding hydrogens is 342 g/mol. The van der Waals surface area contributed by atoms with Crippen LogP contribution in [0.5, 0.6) is 0 Å². The number of sulfone groups is 1. The maximum Gasteiger partial charge on any atom is 0.410 e. The van der Waals surface area contributed by atoms with E-state index in [2.05, 4.69) is 0 Å². The van der Waals surface area contributed by atoms with E-state index in [0.29, 0.717) is 6.42 Å². The number of aliphatic hydroxyl groups is 1. The smallest absolute Gasteiger partial charge is 0.410 e. The Hall–Kier alpha value is -1.60. The molecule has 1 aromatic rings. The predicted molar refractivity (Wildman–Crippen MR) is 95.2 cm³/mol. The highest BCUT2D eigenvalue weighted by molar-refractivity contribution is 7.91. The van der Waals surface area contributed by atoms with E-state index in [1.807, 2.05) is 6.92 Å². The van der Waals surface area contributed by atoms with E-state index >= 15 is 0 Å². The van der Waals surface area contributed by atoms with Crippen molar-refractivity contribution in [3.05, 3.63) is 29.8 Å². The van der Waals surface area contributed by atoms with Gasteiger partial charge in [-0.05, 0) is 52.2 Å². The Morgan fingerprint density at radius 1 is 1.28 bits per heavy atom. The minimum atomic E-state index is -3.44. The number of likely N-dealkylation sites (tertiary alicyclic amines) is 1. The molecule has 1 N–H and O–H groups in total. The Morgan fingerprint density at radius 3 is 2.40 bits per heavy atom. The zero-order chi connectivity index (χ0) is 18.8. The Morgan fingerprint density at radius 2 is 1.88 bits per heavy atom. The van der Waals surface area contributed by atoms with E-state index < -0.39 is 27.6 Å². The molecule has 1 aliphatic rings. The molecule has 0 bridgehead atoms. The van der Waals surface area contributed by atoms with Crippen LogP contribution in [0.1, 0.15) is 32.8 Å². The van der Waals surface area contributed by atoms with Crippen molar-refractivity contribution in [3.8, 4) is 0 Å². The molecule has 6 nitrogen and oxygen atoms in total.